The molecule has 3 N–H and O–H groups in total. The lowest BCUT2D eigenvalue weighted by Gasteiger charge is -2.05. The molecule has 0 radical (unpaired) electrons. The first-order chi connectivity index (χ1) is 12.6. The highest BCUT2D eigenvalue weighted by molar-refractivity contribution is 5.98. The van der Waals surface area contributed by atoms with Crippen LogP contribution in [0.4, 0.5) is 8.78 Å². The second-order valence-corrected chi connectivity index (χ2v) is 5.86. The number of halogens is 2. The molecule has 0 aliphatic rings. The number of nitrogens with zero attached hydrogens (tertiary/aromatic N) is 1. The van der Waals surface area contributed by atoms with E-state index in [1.165, 1.54) is 6.07 Å². The van der Waals surface area contributed by atoms with E-state index in [2.05, 4.69) is 20.5 Å². The molecular formula is C19H14F2N4O. The second-order valence-electron chi connectivity index (χ2n) is 5.86. The van der Waals surface area contributed by atoms with Gasteiger partial charge in [-0.2, -0.15) is 5.10 Å². The van der Waals surface area contributed by atoms with Crippen LogP contribution in [0, 0.1) is 11.6 Å². The van der Waals surface area contributed by atoms with Crippen molar-refractivity contribution in [1.29, 1.82) is 0 Å². The Labute approximate surface area is 147 Å². The van der Waals surface area contributed by atoms with Gasteiger partial charge in [0.1, 0.15) is 5.69 Å². The van der Waals surface area contributed by atoms with E-state index in [0.717, 1.165) is 29.0 Å². The van der Waals surface area contributed by atoms with Crippen molar-refractivity contribution in [3.05, 3.63) is 77.6 Å². The average molecular weight is 352 g/mol. The molecule has 26 heavy (non-hydrogen) atoms. The molecule has 2 heterocycles. The molecule has 5 nitrogen and oxygen atoms in total. The molecule has 4 rings (SSSR count). The molecule has 1 amide bonds. The van der Waals surface area contributed by atoms with Gasteiger partial charge in [0.25, 0.3) is 5.91 Å². The normalized spacial score (nSPS) is 11.0. The van der Waals surface area contributed by atoms with E-state index in [9.17, 15) is 13.6 Å². The maximum absolute atomic E-state index is 13.3. The van der Waals surface area contributed by atoms with Crippen molar-refractivity contribution in [2.45, 2.75) is 6.54 Å². The van der Waals surface area contributed by atoms with E-state index in [1.807, 2.05) is 30.3 Å². The van der Waals surface area contributed by atoms with Crippen molar-refractivity contribution in [1.82, 2.24) is 20.5 Å². The lowest BCUT2D eigenvalue weighted by Crippen LogP contribution is -2.23. The molecule has 0 aliphatic carbocycles. The van der Waals surface area contributed by atoms with Crippen molar-refractivity contribution in [3.8, 4) is 11.3 Å². The minimum atomic E-state index is -0.961. The van der Waals surface area contributed by atoms with Crippen molar-refractivity contribution in [2.75, 3.05) is 0 Å². The maximum Gasteiger partial charge on any atom is 0.267 e. The molecule has 0 atom stereocenters. The predicted octanol–water partition coefficient (Wildman–Crippen LogP) is 3.77. The molecule has 0 saturated heterocycles. The van der Waals surface area contributed by atoms with Gasteiger partial charge >= 0.3 is 0 Å². The summed E-state index contributed by atoms with van der Waals surface area (Å²) in [6, 6.07) is 13.2. The topological polar surface area (TPSA) is 73.6 Å². The highest BCUT2D eigenvalue weighted by Gasteiger charge is 2.14. The zero-order valence-electron chi connectivity index (χ0n) is 13.5. The number of carbonyl (C=O) groups excluding carboxylic acids is 1. The third kappa shape index (κ3) is 2.95. The third-order valence-electron chi connectivity index (χ3n) is 4.13. The molecular weight excluding hydrogens is 338 g/mol. The summed E-state index contributed by atoms with van der Waals surface area (Å²) in [6.07, 6.45) is 1.65. The number of amides is 1. The number of nitrogens with one attached hydrogen (secondary N) is 3. The maximum atomic E-state index is 13.3. The molecule has 0 spiro atoms. The fourth-order valence-corrected chi connectivity index (χ4v) is 2.82. The number of hydrogen-bond donors (Lipinski definition) is 3. The van der Waals surface area contributed by atoms with Crippen molar-refractivity contribution in [2.24, 2.45) is 0 Å². The molecule has 2 aromatic carbocycles. The minimum absolute atomic E-state index is 0.231. The van der Waals surface area contributed by atoms with E-state index in [1.54, 1.807) is 6.20 Å². The molecule has 0 aliphatic heterocycles. The standard InChI is InChI=1S/C19H14F2N4O/c20-14-6-12-7-17(24-16(12)8-15(14)21)19(26)22-9-13-10-23-25-18(13)11-4-2-1-3-5-11/h1-8,10,24H,9H2,(H,22,26)(H,23,25). The summed E-state index contributed by atoms with van der Waals surface area (Å²) in [5.41, 5.74) is 3.22. The van der Waals surface area contributed by atoms with Gasteiger partial charge < -0.3 is 10.3 Å². The summed E-state index contributed by atoms with van der Waals surface area (Å²) >= 11 is 0. The van der Waals surface area contributed by atoms with Gasteiger partial charge in [-0.3, -0.25) is 9.89 Å². The summed E-state index contributed by atoms with van der Waals surface area (Å²) in [6.45, 7) is 0.262. The third-order valence-corrected chi connectivity index (χ3v) is 4.13. The smallest absolute Gasteiger partial charge is 0.267 e. The number of fused-ring (bicyclic) bond motifs is 1. The summed E-state index contributed by atoms with van der Waals surface area (Å²) in [5.74, 6) is -2.28. The Balaban J connectivity index is 1.52. The Kier molecular flexibility index (Phi) is 3.96. The average Bonchev–Trinajstić information content (AvgIpc) is 3.27. The first kappa shape index (κ1) is 16.0. The van der Waals surface area contributed by atoms with Crippen LogP contribution in [0.25, 0.3) is 22.2 Å². The summed E-state index contributed by atoms with van der Waals surface area (Å²) in [7, 11) is 0. The van der Waals surface area contributed by atoms with Gasteiger partial charge in [-0.1, -0.05) is 30.3 Å². The summed E-state index contributed by atoms with van der Waals surface area (Å²) < 4.78 is 26.6. The highest BCUT2D eigenvalue weighted by atomic mass is 19.2. The van der Waals surface area contributed by atoms with E-state index in [0.29, 0.717) is 10.9 Å². The van der Waals surface area contributed by atoms with E-state index in [-0.39, 0.29) is 18.1 Å². The highest BCUT2D eigenvalue weighted by Crippen LogP contribution is 2.21. The minimum Gasteiger partial charge on any atom is -0.350 e. The molecule has 0 saturated carbocycles. The van der Waals surface area contributed by atoms with Crippen molar-refractivity contribution >= 4 is 16.8 Å². The van der Waals surface area contributed by atoms with Gasteiger partial charge in [0.15, 0.2) is 11.6 Å². The zero-order chi connectivity index (χ0) is 18.1. The van der Waals surface area contributed by atoms with Crippen LogP contribution in [0.15, 0.2) is 54.7 Å². The Morgan fingerprint density at radius 3 is 2.65 bits per heavy atom. The van der Waals surface area contributed by atoms with E-state index in [4.69, 9.17) is 0 Å². The zero-order valence-corrected chi connectivity index (χ0v) is 13.5. The van der Waals surface area contributed by atoms with E-state index < -0.39 is 11.6 Å². The molecule has 7 heteroatoms. The molecule has 0 unspecified atom stereocenters. The van der Waals surface area contributed by atoms with Crippen LogP contribution >= 0.6 is 0 Å². The Bertz CT molecular complexity index is 1050. The predicted molar refractivity (Wildman–Crippen MR) is 93.4 cm³/mol. The monoisotopic (exact) mass is 352 g/mol. The first-order valence-corrected chi connectivity index (χ1v) is 7.95. The number of benzene rings is 2. The van der Waals surface area contributed by atoms with Crippen LogP contribution < -0.4 is 5.32 Å². The number of H-pyrrole nitrogens is 2. The van der Waals surface area contributed by atoms with Gasteiger partial charge in [0.05, 0.1) is 11.9 Å². The van der Waals surface area contributed by atoms with Crippen LogP contribution in [-0.2, 0) is 6.54 Å². The number of carbonyl (C=O) groups is 1. The second kappa shape index (κ2) is 6.44. The van der Waals surface area contributed by atoms with Gasteiger partial charge in [0, 0.05) is 29.1 Å². The molecule has 130 valence electrons. The Morgan fingerprint density at radius 2 is 1.85 bits per heavy atom. The molecule has 4 aromatic rings. The number of hydrogen-bond acceptors (Lipinski definition) is 2. The SMILES string of the molecule is O=C(NCc1cn[nH]c1-c1ccccc1)c1cc2cc(F)c(F)cc2[nH]1. The van der Waals surface area contributed by atoms with Gasteiger partial charge in [0.2, 0.25) is 0 Å². The number of rotatable bonds is 4. The van der Waals surface area contributed by atoms with Gasteiger partial charge in [-0.05, 0) is 17.7 Å². The number of aromatic amines is 2. The number of aromatic nitrogens is 3. The lowest BCUT2D eigenvalue weighted by atomic mass is 10.1. The van der Waals surface area contributed by atoms with Crippen molar-refractivity contribution < 1.29 is 13.6 Å². The Morgan fingerprint density at radius 1 is 1.08 bits per heavy atom. The van der Waals surface area contributed by atoms with Gasteiger partial charge in [-0.15, -0.1) is 0 Å². The van der Waals surface area contributed by atoms with Gasteiger partial charge in [-0.25, -0.2) is 8.78 Å². The van der Waals surface area contributed by atoms with Crippen molar-refractivity contribution in [3.63, 3.8) is 0 Å². The molecule has 0 bridgehead atoms. The molecule has 2 aromatic heterocycles. The molecule has 0 fully saturated rings. The first-order valence-electron chi connectivity index (χ1n) is 7.95. The fourth-order valence-electron chi connectivity index (χ4n) is 2.82. The Hall–Kier alpha value is -3.48. The van der Waals surface area contributed by atoms with Crippen LogP contribution in [-0.4, -0.2) is 21.1 Å². The fraction of sp³-hybridized carbons (Fsp3) is 0.0526. The summed E-state index contributed by atoms with van der Waals surface area (Å²) in [5, 5.41) is 10.2. The lowest BCUT2D eigenvalue weighted by molar-refractivity contribution is 0.0947. The van der Waals surface area contributed by atoms with Crippen LogP contribution in [0.2, 0.25) is 0 Å². The summed E-state index contributed by atoms with van der Waals surface area (Å²) in [4.78, 5) is 15.2. The largest absolute Gasteiger partial charge is 0.350 e. The quantitative estimate of drug-likeness (QED) is 0.523. The van der Waals surface area contributed by atoms with Crippen LogP contribution in [0.1, 0.15) is 16.1 Å². The van der Waals surface area contributed by atoms with Crippen LogP contribution in [0.5, 0.6) is 0 Å². The van der Waals surface area contributed by atoms with E-state index >= 15 is 0 Å². The van der Waals surface area contributed by atoms with Crippen LogP contribution in [0.3, 0.4) is 0 Å².